The number of ether oxygens (including phenoxy) is 3. The summed E-state index contributed by atoms with van der Waals surface area (Å²) in [5, 5.41) is 5.85. The van der Waals surface area contributed by atoms with Crippen LogP contribution in [0.15, 0.2) is 41.8 Å². The molecule has 0 saturated carbocycles. The normalized spacial score (nSPS) is 15.1. The Bertz CT molecular complexity index is 1010. The number of hydrogen-bond acceptors (Lipinski definition) is 7. The first-order chi connectivity index (χ1) is 13.6. The molecule has 7 heteroatoms. The average molecular weight is 396 g/mol. The van der Waals surface area contributed by atoms with Gasteiger partial charge in [-0.15, -0.1) is 11.3 Å². The second-order valence-corrected chi connectivity index (χ2v) is 7.14. The molecule has 0 amide bonds. The standard InChI is InChI=1S/C21H20N2O4S/c1-4-12-5-7-13(8-6-12)15-11-28-21(22-15)23-19-14-9-10-16(25-2)18(26-3)17(14)20(24)27-19/h5-11,19H,4H2,1-3H3,(H,22,23)/t19-/m1/s1. The number of carbonyl (C=O) groups excluding carboxylic acids is 1. The van der Waals surface area contributed by atoms with Crippen LogP contribution in [0.4, 0.5) is 5.13 Å². The van der Waals surface area contributed by atoms with Gasteiger partial charge in [0, 0.05) is 16.5 Å². The highest BCUT2D eigenvalue weighted by Gasteiger charge is 2.36. The van der Waals surface area contributed by atoms with E-state index in [1.54, 1.807) is 12.1 Å². The van der Waals surface area contributed by atoms with Crippen LogP contribution >= 0.6 is 11.3 Å². The molecule has 1 N–H and O–H groups in total. The SMILES string of the molecule is CCc1ccc(-c2csc(N[C@@H]3OC(=O)c4c3ccc(OC)c4OC)n2)cc1. The van der Waals surface area contributed by atoms with Gasteiger partial charge in [-0.3, -0.25) is 0 Å². The van der Waals surface area contributed by atoms with E-state index in [2.05, 4.69) is 41.5 Å². The van der Waals surface area contributed by atoms with Crippen LogP contribution < -0.4 is 14.8 Å². The smallest absolute Gasteiger partial charge is 0.344 e. The monoisotopic (exact) mass is 396 g/mol. The first-order valence-corrected chi connectivity index (χ1v) is 9.79. The van der Waals surface area contributed by atoms with Gasteiger partial charge in [-0.1, -0.05) is 31.2 Å². The molecule has 2 heterocycles. The number of nitrogens with one attached hydrogen (secondary N) is 1. The highest BCUT2D eigenvalue weighted by atomic mass is 32.1. The topological polar surface area (TPSA) is 69.7 Å². The number of cyclic esters (lactones) is 1. The van der Waals surface area contributed by atoms with Crippen molar-refractivity contribution >= 4 is 22.4 Å². The minimum atomic E-state index is -0.622. The van der Waals surface area contributed by atoms with Crippen LogP contribution in [0.5, 0.6) is 11.5 Å². The third-order valence-corrected chi connectivity index (χ3v) is 5.48. The number of methoxy groups -OCH3 is 2. The first kappa shape index (κ1) is 18.3. The Morgan fingerprint density at radius 2 is 1.93 bits per heavy atom. The van der Waals surface area contributed by atoms with Crippen molar-refractivity contribution in [3.8, 4) is 22.8 Å². The van der Waals surface area contributed by atoms with Crippen molar-refractivity contribution in [1.82, 2.24) is 4.98 Å². The molecule has 0 unspecified atom stereocenters. The van der Waals surface area contributed by atoms with Crippen LogP contribution in [0.2, 0.25) is 0 Å². The van der Waals surface area contributed by atoms with Gasteiger partial charge in [0.15, 0.2) is 16.6 Å². The van der Waals surface area contributed by atoms with Gasteiger partial charge in [0.25, 0.3) is 0 Å². The van der Waals surface area contributed by atoms with Crippen molar-refractivity contribution in [2.24, 2.45) is 0 Å². The summed E-state index contributed by atoms with van der Waals surface area (Å²) in [5.74, 6) is 0.422. The highest BCUT2D eigenvalue weighted by molar-refractivity contribution is 7.14. The molecule has 4 rings (SSSR count). The second kappa shape index (κ2) is 7.52. The Morgan fingerprint density at radius 3 is 2.61 bits per heavy atom. The van der Waals surface area contributed by atoms with Crippen molar-refractivity contribution in [3.05, 3.63) is 58.5 Å². The molecule has 28 heavy (non-hydrogen) atoms. The molecular weight excluding hydrogens is 376 g/mol. The summed E-state index contributed by atoms with van der Waals surface area (Å²) in [6, 6.07) is 11.9. The van der Waals surface area contributed by atoms with Gasteiger partial charge in [0.2, 0.25) is 6.23 Å². The number of hydrogen-bond donors (Lipinski definition) is 1. The summed E-state index contributed by atoms with van der Waals surface area (Å²) in [7, 11) is 3.04. The number of benzene rings is 2. The van der Waals surface area contributed by atoms with E-state index in [1.807, 2.05) is 5.38 Å². The Hall–Kier alpha value is -3.06. The molecule has 0 fully saturated rings. The number of aryl methyl sites for hydroxylation is 1. The Kier molecular flexibility index (Phi) is 4.92. The lowest BCUT2D eigenvalue weighted by atomic mass is 10.1. The van der Waals surface area contributed by atoms with Gasteiger partial charge in [-0.25, -0.2) is 9.78 Å². The highest BCUT2D eigenvalue weighted by Crippen LogP contribution is 2.42. The molecule has 144 valence electrons. The molecule has 1 atom stereocenters. The van der Waals surface area contributed by atoms with Crippen LogP contribution in [0.3, 0.4) is 0 Å². The van der Waals surface area contributed by atoms with E-state index in [9.17, 15) is 4.79 Å². The molecular formula is C21H20N2O4S. The minimum Gasteiger partial charge on any atom is -0.493 e. The van der Waals surface area contributed by atoms with Crippen LogP contribution in [-0.2, 0) is 11.2 Å². The van der Waals surface area contributed by atoms with E-state index in [1.165, 1.54) is 31.1 Å². The number of rotatable bonds is 6. The van der Waals surface area contributed by atoms with Crippen molar-refractivity contribution < 1.29 is 19.0 Å². The number of aromatic nitrogens is 1. The maximum atomic E-state index is 12.4. The van der Waals surface area contributed by atoms with Crippen LogP contribution in [-0.4, -0.2) is 25.2 Å². The fourth-order valence-electron chi connectivity index (χ4n) is 3.20. The number of nitrogens with zero attached hydrogens (tertiary/aromatic N) is 1. The van der Waals surface area contributed by atoms with Crippen molar-refractivity contribution in [3.63, 3.8) is 0 Å². The number of fused-ring (bicyclic) bond motifs is 1. The maximum absolute atomic E-state index is 12.4. The summed E-state index contributed by atoms with van der Waals surface area (Å²) >= 11 is 1.47. The molecule has 3 aromatic rings. The number of esters is 1. The lowest BCUT2D eigenvalue weighted by Gasteiger charge is -2.13. The van der Waals surface area contributed by atoms with Gasteiger partial charge in [0.05, 0.1) is 19.9 Å². The van der Waals surface area contributed by atoms with E-state index < -0.39 is 12.2 Å². The van der Waals surface area contributed by atoms with E-state index in [0.717, 1.165) is 17.7 Å². The van der Waals surface area contributed by atoms with Crippen LogP contribution in [0.1, 0.15) is 34.6 Å². The predicted octanol–water partition coefficient (Wildman–Crippen LogP) is 4.67. The van der Waals surface area contributed by atoms with Crippen LogP contribution in [0, 0.1) is 0 Å². The van der Waals surface area contributed by atoms with E-state index in [0.29, 0.717) is 27.8 Å². The quantitative estimate of drug-likeness (QED) is 0.611. The minimum absolute atomic E-state index is 0.380. The Morgan fingerprint density at radius 1 is 1.14 bits per heavy atom. The fraction of sp³-hybridized carbons (Fsp3) is 0.238. The summed E-state index contributed by atoms with van der Waals surface area (Å²) in [4.78, 5) is 17.0. The summed E-state index contributed by atoms with van der Waals surface area (Å²) < 4.78 is 16.1. The fourth-order valence-corrected chi connectivity index (χ4v) is 3.94. The molecule has 1 aliphatic rings. The lowest BCUT2D eigenvalue weighted by Crippen LogP contribution is -2.10. The molecule has 0 spiro atoms. The van der Waals surface area contributed by atoms with Crippen molar-refractivity contribution in [2.75, 3.05) is 19.5 Å². The number of carbonyl (C=O) groups is 1. The zero-order valence-corrected chi connectivity index (χ0v) is 16.6. The molecule has 1 aromatic heterocycles. The van der Waals surface area contributed by atoms with Crippen LogP contribution in [0.25, 0.3) is 11.3 Å². The van der Waals surface area contributed by atoms with Gasteiger partial charge in [-0.05, 0) is 24.1 Å². The second-order valence-electron chi connectivity index (χ2n) is 6.28. The van der Waals surface area contributed by atoms with Gasteiger partial charge < -0.3 is 19.5 Å². The largest absolute Gasteiger partial charge is 0.493 e. The first-order valence-electron chi connectivity index (χ1n) is 8.91. The summed E-state index contributed by atoms with van der Waals surface area (Å²) in [6.45, 7) is 2.13. The number of anilines is 1. The molecule has 2 aromatic carbocycles. The Labute approximate surface area is 167 Å². The summed E-state index contributed by atoms with van der Waals surface area (Å²) in [5.41, 5.74) is 4.30. The van der Waals surface area contributed by atoms with E-state index >= 15 is 0 Å². The third kappa shape index (κ3) is 3.18. The third-order valence-electron chi connectivity index (χ3n) is 4.71. The molecule has 0 radical (unpaired) electrons. The lowest BCUT2D eigenvalue weighted by molar-refractivity contribution is 0.0435. The molecule has 0 aliphatic carbocycles. The van der Waals surface area contributed by atoms with Crippen molar-refractivity contribution in [2.45, 2.75) is 19.6 Å². The van der Waals surface area contributed by atoms with Gasteiger partial charge in [-0.2, -0.15) is 0 Å². The molecule has 0 bridgehead atoms. The number of thiazole rings is 1. The molecule has 6 nitrogen and oxygen atoms in total. The van der Waals surface area contributed by atoms with Crippen molar-refractivity contribution in [1.29, 1.82) is 0 Å². The zero-order valence-electron chi connectivity index (χ0n) is 15.8. The predicted molar refractivity (Wildman–Crippen MR) is 108 cm³/mol. The average Bonchev–Trinajstić information content (AvgIpc) is 3.32. The Balaban J connectivity index is 1.58. The van der Waals surface area contributed by atoms with Gasteiger partial charge >= 0.3 is 5.97 Å². The molecule has 1 aliphatic heterocycles. The van der Waals surface area contributed by atoms with E-state index in [-0.39, 0.29) is 0 Å². The van der Waals surface area contributed by atoms with E-state index in [4.69, 9.17) is 14.2 Å². The summed E-state index contributed by atoms with van der Waals surface area (Å²) in [6.07, 6.45) is 0.383. The molecule has 0 saturated heterocycles. The zero-order chi connectivity index (χ0) is 19.7. The van der Waals surface area contributed by atoms with Gasteiger partial charge in [0.1, 0.15) is 5.56 Å². The maximum Gasteiger partial charge on any atom is 0.344 e.